The van der Waals surface area contributed by atoms with Gasteiger partial charge in [0.2, 0.25) is 0 Å². The van der Waals surface area contributed by atoms with Crippen molar-refractivity contribution in [1.29, 1.82) is 0 Å². The molecule has 1 aliphatic heterocycles. The summed E-state index contributed by atoms with van der Waals surface area (Å²) < 4.78 is 5.86. The molecule has 1 fully saturated rings. The highest BCUT2D eigenvalue weighted by atomic mass is 32.1. The number of benzene rings is 2. The van der Waals surface area contributed by atoms with Gasteiger partial charge >= 0.3 is 0 Å². The molecule has 1 aliphatic rings. The molecule has 0 radical (unpaired) electrons. The van der Waals surface area contributed by atoms with E-state index in [9.17, 15) is 4.79 Å². The van der Waals surface area contributed by atoms with Crippen LogP contribution in [0.1, 0.15) is 35.1 Å². The van der Waals surface area contributed by atoms with E-state index in [4.69, 9.17) is 17.0 Å². The predicted octanol–water partition coefficient (Wildman–Crippen LogP) is 4.83. The van der Waals surface area contributed by atoms with Crippen LogP contribution in [0.4, 0.5) is 5.69 Å². The summed E-state index contributed by atoms with van der Waals surface area (Å²) in [7, 11) is 0. The van der Waals surface area contributed by atoms with Gasteiger partial charge in [-0.05, 0) is 81.0 Å². The van der Waals surface area contributed by atoms with Crippen LogP contribution in [0, 0.1) is 20.8 Å². The normalized spacial score (nSPS) is 15.9. The van der Waals surface area contributed by atoms with E-state index < -0.39 is 0 Å². The number of nitrogens with one attached hydrogen (secondary N) is 2. The minimum atomic E-state index is -0.0805. The molecule has 1 aromatic heterocycles. The summed E-state index contributed by atoms with van der Waals surface area (Å²) >= 11 is 5.79. The maximum Gasteiger partial charge on any atom is 0.253 e. The largest absolute Gasteiger partial charge is 0.376 e. The molecule has 2 heterocycles. The van der Waals surface area contributed by atoms with Crippen molar-refractivity contribution in [1.82, 2.24) is 9.88 Å². The zero-order valence-electron chi connectivity index (χ0n) is 18.3. The summed E-state index contributed by atoms with van der Waals surface area (Å²) in [4.78, 5) is 17.8. The highest BCUT2D eigenvalue weighted by molar-refractivity contribution is 7.80. The Morgan fingerprint density at radius 2 is 1.94 bits per heavy atom. The van der Waals surface area contributed by atoms with Crippen molar-refractivity contribution in [3.63, 3.8) is 0 Å². The first-order valence-electron chi connectivity index (χ1n) is 10.8. The Balaban J connectivity index is 1.61. The number of nitrogens with zero attached hydrogens (tertiary/aromatic N) is 1. The number of anilines is 1. The summed E-state index contributed by atoms with van der Waals surface area (Å²) in [5.74, 6) is 0. The minimum absolute atomic E-state index is 0.0805. The fourth-order valence-corrected chi connectivity index (χ4v) is 4.34. The van der Waals surface area contributed by atoms with Gasteiger partial charge in [-0.25, -0.2) is 0 Å². The second-order valence-corrected chi connectivity index (χ2v) is 8.87. The van der Waals surface area contributed by atoms with Gasteiger partial charge in [-0.1, -0.05) is 29.3 Å². The summed E-state index contributed by atoms with van der Waals surface area (Å²) in [6.45, 7) is 8.06. The number of aryl methyl sites for hydroxylation is 3. The van der Waals surface area contributed by atoms with Crippen molar-refractivity contribution in [2.45, 2.75) is 46.3 Å². The van der Waals surface area contributed by atoms with Crippen LogP contribution >= 0.6 is 12.2 Å². The first-order valence-corrected chi connectivity index (χ1v) is 11.2. The van der Waals surface area contributed by atoms with Crippen molar-refractivity contribution >= 4 is 33.9 Å². The van der Waals surface area contributed by atoms with Crippen molar-refractivity contribution in [3.05, 3.63) is 75.1 Å². The zero-order chi connectivity index (χ0) is 22.0. The smallest absolute Gasteiger partial charge is 0.253 e. The minimum Gasteiger partial charge on any atom is -0.376 e. The molecule has 0 unspecified atom stereocenters. The van der Waals surface area contributed by atoms with Gasteiger partial charge in [0.15, 0.2) is 5.11 Å². The number of pyridine rings is 1. The van der Waals surface area contributed by atoms with E-state index in [1.54, 1.807) is 0 Å². The van der Waals surface area contributed by atoms with Gasteiger partial charge in [0.1, 0.15) is 0 Å². The molecule has 4 rings (SSSR count). The fraction of sp³-hybridized carbons (Fsp3) is 0.360. The number of aromatic nitrogens is 1. The van der Waals surface area contributed by atoms with E-state index in [0.717, 1.165) is 47.2 Å². The molecule has 3 aromatic rings. The summed E-state index contributed by atoms with van der Waals surface area (Å²) in [6.07, 6.45) is 2.20. The highest BCUT2D eigenvalue weighted by Crippen LogP contribution is 2.20. The van der Waals surface area contributed by atoms with Crippen LogP contribution in [0.5, 0.6) is 0 Å². The van der Waals surface area contributed by atoms with Crippen LogP contribution in [0.3, 0.4) is 0 Å². The van der Waals surface area contributed by atoms with Crippen LogP contribution in [0.25, 0.3) is 10.9 Å². The maximum atomic E-state index is 12.8. The quantitative estimate of drug-likeness (QED) is 0.562. The van der Waals surface area contributed by atoms with E-state index in [2.05, 4.69) is 54.2 Å². The van der Waals surface area contributed by atoms with Crippen molar-refractivity contribution in [2.75, 3.05) is 18.5 Å². The lowest BCUT2D eigenvalue weighted by Gasteiger charge is -2.28. The molecule has 1 saturated heterocycles. The molecule has 0 spiro atoms. The molecular weight excluding hydrogens is 406 g/mol. The SMILES string of the molecule is Cc1ccc(NC(=S)N(Cc2cc3cc(C)ccc3[nH]c2=O)C[C@@H]2CCCO2)c(C)c1. The van der Waals surface area contributed by atoms with Gasteiger partial charge in [0, 0.05) is 29.9 Å². The second kappa shape index (κ2) is 9.20. The Labute approximate surface area is 188 Å². The average Bonchev–Trinajstić information content (AvgIpc) is 3.23. The Bertz CT molecular complexity index is 1170. The Morgan fingerprint density at radius 1 is 1.16 bits per heavy atom. The first-order chi connectivity index (χ1) is 14.9. The second-order valence-electron chi connectivity index (χ2n) is 8.48. The first kappa shape index (κ1) is 21.5. The molecule has 2 aromatic carbocycles. The number of rotatable bonds is 5. The van der Waals surface area contributed by atoms with E-state index in [0.29, 0.717) is 23.8 Å². The summed E-state index contributed by atoms with van der Waals surface area (Å²) in [5, 5.41) is 5.02. The third-order valence-corrected chi connectivity index (χ3v) is 6.16. The van der Waals surface area contributed by atoms with Gasteiger partial charge in [0.25, 0.3) is 5.56 Å². The van der Waals surface area contributed by atoms with Crippen LogP contribution in [0.2, 0.25) is 0 Å². The third-order valence-electron chi connectivity index (χ3n) is 5.80. The van der Waals surface area contributed by atoms with Gasteiger partial charge < -0.3 is 19.9 Å². The molecule has 162 valence electrons. The Morgan fingerprint density at radius 3 is 2.68 bits per heavy atom. The number of hydrogen-bond acceptors (Lipinski definition) is 3. The van der Waals surface area contributed by atoms with Gasteiger partial charge in [-0.3, -0.25) is 4.79 Å². The topological polar surface area (TPSA) is 57.4 Å². The molecule has 1 atom stereocenters. The van der Waals surface area contributed by atoms with Crippen LogP contribution in [-0.2, 0) is 11.3 Å². The van der Waals surface area contributed by atoms with Crippen molar-refractivity contribution in [3.8, 4) is 0 Å². The van der Waals surface area contributed by atoms with Crippen LogP contribution < -0.4 is 10.9 Å². The summed E-state index contributed by atoms with van der Waals surface area (Å²) in [5.41, 5.74) is 5.95. The van der Waals surface area contributed by atoms with Crippen molar-refractivity contribution in [2.24, 2.45) is 0 Å². The molecule has 0 aliphatic carbocycles. The highest BCUT2D eigenvalue weighted by Gasteiger charge is 2.22. The van der Waals surface area contributed by atoms with E-state index in [1.807, 2.05) is 24.3 Å². The van der Waals surface area contributed by atoms with Crippen LogP contribution in [-0.4, -0.2) is 34.3 Å². The number of aromatic amines is 1. The lowest BCUT2D eigenvalue weighted by molar-refractivity contribution is 0.0904. The number of H-pyrrole nitrogens is 1. The molecule has 6 heteroatoms. The average molecular weight is 436 g/mol. The van der Waals surface area contributed by atoms with Gasteiger partial charge in [-0.15, -0.1) is 0 Å². The number of thiocarbonyl (C=S) groups is 1. The zero-order valence-corrected chi connectivity index (χ0v) is 19.1. The molecule has 2 N–H and O–H groups in total. The lowest BCUT2D eigenvalue weighted by atomic mass is 10.1. The molecule has 0 bridgehead atoms. The molecule has 0 amide bonds. The predicted molar refractivity (Wildman–Crippen MR) is 131 cm³/mol. The lowest BCUT2D eigenvalue weighted by Crippen LogP contribution is -2.40. The molecular formula is C25H29N3O2S. The molecule has 5 nitrogen and oxygen atoms in total. The third kappa shape index (κ3) is 5.14. The number of fused-ring (bicyclic) bond motifs is 1. The molecule has 0 saturated carbocycles. The van der Waals surface area contributed by atoms with Gasteiger partial charge in [0.05, 0.1) is 12.6 Å². The fourth-order valence-electron chi connectivity index (χ4n) is 4.10. The van der Waals surface area contributed by atoms with Crippen LogP contribution in [0.15, 0.2) is 47.3 Å². The number of ether oxygens (including phenoxy) is 1. The number of hydrogen-bond donors (Lipinski definition) is 2. The van der Waals surface area contributed by atoms with E-state index in [1.165, 1.54) is 5.56 Å². The van der Waals surface area contributed by atoms with Gasteiger partial charge in [-0.2, -0.15) is 0 Å². The van der Waals surface area contributed by atoms with Crippen molar-refractivity contribution < 1.29 is 4.74 Å². The summed E-state index contributed by atoms with van der Waals surface area (Å²) in [6, 6.07) is 14.3. The monoisotopic (exact) mass is 435 g/mol. The Hall–Kier alpha value is -2.70. The Kier molecular flexibility index (Phi) is 6.39. The standard InChI is InChI=1S/C25H29N3O2S/c1-16-6-8-22(18(3)11-16)27-25(31)28(15-21-5-4-10-30-21)14-20-13-19-12-17(2)7-9-23(19)26-24(20)29/h6-9,11-13,21H,4-5,10,14-15H2,1-3H3,(H,26,29)(H,27,31)/t21-/m0/s1. The maximum absolute atomic E-state index is 12.8. The molecule has 31 heavy (non-hydrogen) atoms. The van der Waals surface area contributed by atoms with E-state index in [-0.39, 0.29) is 11.7 Å². The van der Waals surface area contributed by atoms with E-state index >= 15 is 0 Å².